The van der Waals surface area contributed by atoms with Gasteiger partial charge in [0.2, 0.25) is 5.88 Å². The van der Waals surface area contributed by atoms with E-state index in [0.717, 1.165) is 0 Å². The largest absolute Gasteiger partial charge is 0.497 e. The average molecular weight is 312 g/mol. The maximum atomic E-state index is 12.3. The van der Waals surface area contributed by atoms with Crippen LogP contribution in [-0.2, 0) is 0 Å². The number of fused-ring (bicyclic) bond motifs is 1. The van der Waals surface area contributed by atoms with Gasteiger partial charge in [0.15, 0.2) is 5.65 Å². The number of rotatable bonds is 5. The fourth-order valence-electron chi connectivity index (χ4n) is 2.09. The minimum atomic E-state index is -0.318. The summed E-state index contributed by atoms with van der Waals surface area (Å²) in [6, 6.07) is 10.6. The van der Waals surface area contributed by atoms with Gasteiger partial charge in [-0.2, -0.15) is 0 Å². The number of hydrogen-bond donors (Lipinski definition) is 1. The SMILES string of the molecule is CCOc1ccc2nc(C(=O)Nc3cccc(OC)c3)cn2n1. The van der Waals surface area contributed by atoms with E-state index in [9.17, 15) is 4.79 Å². The second-order valence-electron chi connectivity index (χ2n) is 4.72. The topological polar surface area (TPSA) is 77.8 Å². The average Bonchev–Trinajstić information content (AvgIpc) is 2.99. The molecule has 7 nitrogen and oxygen atoms in total. The molecule has 3 aromatic rings. The van der Waals surface area contributed by atoms with Crippen LogP contribution in [0.15, 0.2) is 42.6 Å². The highest BCUT2D eigenvalue weighted by atomic mass is 16.5. The van der Waals surface area contributed by atoms with Crippen molar-refractivity contribution in [1.29, 1.82) is 0 Å². The van der Waals surface area contributed by atoms with E-state index in [4.69, 9.17) is 9.47 Å². The molecule has 0 unspecified atom stereocenters. The maximum absolute atomic E-state index is 12.3. The number of anilines is 1. The Kier molecular flexibility index (Phi) is 4.09. The highest BCUT2D eigenvalue weighted by molar-refractivity contribution is 6.03. The molecule has 23 heavy (non-hydrogen) atoms. The lowest BCUT2D eigenvalue weighted by Crippen LogP contribution is -2.12. The number of ether oxygens (including phenoxy) is 2. The molecule has 1 amide bonds. The Morgan fingerprint density at radius 1 is 1.30 bits per heavy atom. The number of nitrogens with one attached hydrogen (secondary N) is 1. The summed E-state index contributed by atoms with van der Waals surface area (Å²) in [6.45, 7) is 2.41. The number of aromatic nitrogens is 3. The van der Waals surface area contributed by atoms with Crippen LogP contribution in [0.25, 0.3) is 5.65 Å². The van der Waals surface area contributed by atoms with Gasteiger partial charge in [0, 0.05) is 17.8 Å². The molecule has 0 aliphatic heterocycles. The second kappa shape index (κ2) is 6.35. The first-order chi connectivity index (χ1) is 11.2. The molecule has 0 aliphatic carbocycles. The normalized spacial score (nSPS) is 10.5. The fourth-order valence-corrected chi connectivity index (χ4v) is 2.09. The summed E-state index contributed by atoms with van der Waals surface area (Å²) in [5.41, 5.74) is 1.48. The van der Waals surface area contributed by atoms with Crippen molar-refractivity contribution in [1.82, 2.24) is 14.6 Å². The Morgan fingerprint density at radius 3 is 2.96 bits per heavy atom. The smallest absolute Gasteiger partial charge is 0.275 e. The predicted octanol–water partition coefficient (Wildman–Crippen LogP) is 2.39. The van der Waals surface area contributed by atoms with Crippen molar-refractivity contribution in [2.24, 2.45) is 0 Å². The van der Waals surface area contributed by atoms with Gasteiger partial charge >= 0.3 is 0 Å². The molecule has 1 N–H and O–H groups in total. The second-order valence-corrected chi connectivity index (χ2v) is 4.72. The molecule has 0 bridgehead atoms. The minimum Gasteiger partial charge on any atom is -0.497 e. The van der Waals surface area contributed by atoms with Crippen molar-refractivity contribution in [3.63, 3.8) is 0 Å². The Morgan fingerprint density at radius 2 is 2.17 bits per heavy atom. The third-order valence-corrected chi connectivity index (χ3v) is 3.15. The Bertz CT molecular complexity index is 844. The van der Waals surface area contributed by atoms with Gasteiger partial charge < -0.3 is 14.8 Å². The van der Waals surface area contributed by atoms with Crippen molar-refractivity contribution < 1.29 is 14.3 Å². The van der Waals surface area contributed by atoms with Crippen molar-refractivity contribution in [2.45, 2.75) is 6.92 Å². The molecule has 0 saturated heterocycles. The summed E-state index contributed by atoms with van der Waals surface area (Å²) in [7, 11) is 1.57. The van der Waals surface area contributed by atoms with Crippen LogP contribution in [0.5, 0.6) is 11.6 Å². The number of carbonyl (C=O) groups excluding carboxylic acids is 1. The molecule has 7 heteroatoms. The molecule has 118 valence electrons. The molecule has 0 fully saturated rings. The number of imidazole rings is 1. The number of amides is 1. The molecular weight excluding hydrogens is 296 g/mol. The summed E-state index contributed by atoms with van der Waals surface area (Å²) in [6.07, 6.45) is 1.56. The third kappa shape index (κ3) is 3.23. The number of nitrogens with zero attached hydrogens (tertiary/aromatic N) is 3. The van der Waals surface area contributed by atoms with Crippen molar-refractivity contribution in [3.8, 4) is 11.6 Å². The monoisotopic (exact) mass is 312 g/mol. The molecule has 0 spiro atoms. The quantitative estimate of drug-likeness (QED) is 0.782. The van der Waals surface area contributed by atoms with Gasteiger partial charge in [-0.3, -0.25) is 4.79 Å². The summed E-state index contributed by atoms with van der Waals surface area (Å²) in [5.74, 6) is 0.833. The standard InChI is InChI=1S/C16H16N4O3/c1-3-23-15-8-7-14-18-13(10-20(14)19-15)16(21)17-11-5-4-6-12(9-11)22-2/h4-10H,3H2,1-2H3,(H,17,21). The molecule has 0 saturated carbocycles. The van der Waals surface area contributed by atoms with Gasteiger partial charge in [-0.05, 0) is 25.1 Å². The lowest BCUT2D eigenvalue weighted by Gasteiger charge is -2.05. The fraction of sp³-hybridized carbons (Fsp3) is 0.188. The predicted molar refractivity (Wildman–Crippen MR) is 85.1 cm³/mol. The van der Waals surface area contributed by atoms with Gasteiger partial charge in [-0.1, -0.05) is 6.07 Å². The molecular formula is C16H16N4O3. The van der Waals surface area contributed by atoms with Crippen LogP contribution in [0.1, 0.15) is 17.4 Å². The van der Waals surface area contributed by atoms with E-state index in [0.29, 0.717) is 29.6 Å². The first kappa shape index (κ1) is 14.8. The van der Waals surface area contributed by atoms with Crippen LogP contribution in [0.4, 0.5) is 5.69 Å². The van der Waals surface area contributed by atoms with Gasteiger partial charge in [0.1, 0.15) is 11.4 Å². The van der Waals surface area contributed by atoms with Crippen LogP contribution in [-0.4, -0.2) is 34.2 Å². The van der Waals surface area contributed by atoms with E-state index in [2.05, 4.69) is 15.4 Å². The van der Waals surface area contributed by atoms with E-state index in [1.165, 1.54) is 4.52 Å². The number of hydrogen-bond acceptors (Lipinski definition) is 5. The Balaban J connectivity index is 1.82. The zero-order valence-corrected chi connectivity index (χ0v) is 12.8. The van der Waals surface area contributed by atoms with Crippen LogP contribution < -0.4 is 14.8 Å². The van der Waals surface area contributed by atoms with E-state index in [1.54, 1.807) is 49.7 Å². The van der Waals surface area contributed by atoms with E-state index < -0.39 is 0 Å². The highest BCUT2D eigenvalue weighted by Gasteiger charge is 2.12. The van der Waals surface area contributed by atoms with Crippen molar-refractivity contribution >= 4 is 17.2 Å². The molecule has 0 radical (unpaired) electrons. The number of methoxy groups -OCH3 is 1. The van der Waals surface area contributed by atoms with Crippen molar-refractivity contribution in [2.75, 3.05) is 19.0 Å². The van der Waals surface area contributed by atoms with Gasteiger partial charge in [-0.25, -0.2) is 9.50 Å². The van der Waals surface area contributed by atoms with Crippen LogP contribution >= 0.6 is 0 Å². The summed E-state index contributed by atoms with van der Waals surface area (Å²) in [5, 5.41) is 7.01. The van der Waals surface area contributed by atoms with Crippen LogP contribution in [0, 0.1) is 0 Å². The molecule has 1 aromatic carbocycles. The molecule has 3 rings (SSSR count). The molecule has 2 heterocycles. The number of carbonyl (C=O) groups is 1. The Hall–Kier alpha value is -3.09. The summed E-state index contributed by atoms with van der Waals surface area (Å²) >= 11 is 0. The van der Waals surface area contributed by atoms with Gasteiger partial charge in [0.25, 0.3) is 5.91 Å². The van der Waals surface area contributed by atoms with Gasteiger partial charge in [0.05, 0.1) is 19.9 Å². The molecule has 2 aromatic heterocycles. The maximum Gasteiger partial charge on any atom is 0.275 e. The van der Waals surface area contributed by atoms with Crippen LogP contribution in [0.3, 0.4) is 0 Å². The lowest BCUT2D eigenvalue weighted by atomic mass is 10.3. The highest BCUT2D eigenvalue weighted by Crippen LogP contribution is 2.17. The molecule has 0 atom stereocenters. The van der Waals surface area contributed by atoms with E-state index >= 15 is 0 Å². The summed E-state index contributed by atoms with van der Waals surface area (Å²) < 4.78 is 12.0. The Labute approximate surface area is 132 Å². The molecule has 0 aliphatic rings. The summed E-state index contributed by atoms with van der Waals surface area (Å²) in [4.78, 5) is 16.6. The number of benzene rings is 1. The van der Waals surface area contributed by atoms with Crippen molar-refractivity contribution in [3.05, 3.63) is 48.3 Å². The van der Waals surface area contributed by atoms with E-state index in [1.807, 2.05) is 6.92 Å². The van der Waals surface area contributed by atoms with E-state index in [-0.39, 0.29) is 11.6 Å². The van der Waals surface area contributed by atoms with Gasteiger partial charge in [-0.15, -0.1) is 5.10 Å². The minimum absolute atomic E-state index is 0.272. The first-order valence-electron chi connectivity index (χ1n) is 7.14. The zero-order chi connectivity index (χ0) is 16.2. The zero-order valence-electron chi connectivity index (χ0n) is 12.8. The third-order valence-electron chi connectivity index (χ3n) is 3.15. The first-order valence-corrected chi connectivity index (χ1v) is 7.14. The van der Waals surface area contributed by atoms with Crippen LogP contribution in [0.2, 0.25) is 0 Å². The lowest BCUT2D eigenvalue weighted by molar-refractivity contribution is 0.102.